The Morgan fingerprint density at radius 1 is 1.03 bits per heavy atom. The van der Waals surface area contributed by atoms with Crippen molar-refractivity contribution < 1.29 is 27.5 Å². The molecule has 0 radical (unpaired) electrons. The number of thioether (sulfide) groups is 1. The first-order valence-corrected chi connectivity index (χ1v) is 12.5. The lowest BCUT2D eigenvalue weighted by Gasteiger charge is -2.28. The average molecular weight is 516 g/mol. The fourth-order valence-electron chi connectivity index (χ4n) is 4.26. The third-order valence-corrected chi connectivity index (χ3v) is 6.69. The molecule has 0 amide bonds. The van der Waals surface area contributed by atoms with Gasteiger partial charge in [-0.25, -0.2) is 0 Å². The van der Waals surface area contributed by atoms with E-state index in [1.165, 1.54) is 36.0 Å². The molecule has 3 aromatic rings. The SMILES string of the molecule is CSc1ccc(N2CC(=O)C(C(=O)c3ccc(C(C)C)cc3)C2c2ccc(OC(F)(F)F)cc2)nn1. The lowest BCUT2D eigenvalue weighted by Crippen LogP contribution is -2.29. The minimum atomic E-state index is -4.83. The van der Waals surface area contributed by atoms with Crippen LogP contribution in [0.1, 0.15) is 47.3 Å². The molecule has 36 heavy (non-hydrogen) atoms. The van der Waals surface area contributed by atoms with Gasteiger partial charge < -0.3 is 9.64 Å². The van der Waals surface area contributed by atoms with Crippen LogP contribution in [0.4, 0.5) is 19.0 Å². The second-order valence-electron chi connectivity index (χ2n) is 8.71. The molecule has 1 aliphatic rings. The van der Waals surface area contributed by atoms with E-state index in [1.807, 2.05) is 32.2 Å². The minimum absolute atomic E-state index is 0.0841. The number of hydrogen-bond acceptors (Lipinski definition) is 7. The molecule has 1 fully saturated rings. The van der Waals surface area contributed by atoms with Gasteiger partial charge in [0.05, 0.1) is 12.6 Å². The molecule has 1 saturated heterocycles. The van der Waals surface area contributed by atoms with Crippen molar-refractivity contribution >= 4 is 29.1 Å². The molecule has 0 saturated carbocycles. The number of carbonyl (C=O) groups excluding carboxylic acids is 2. The molecule has 0 aliphatic carbocycles. The van der Waals surface area contributed by atoms with E-state index >= 15 is 0 Å². The number of anilines is 1. The maximum atomic E-state index is 13.6. The van der Waals surface area contributed by atoms with Crippen LogP contribution in [0.3, 0.4) is 0 Å². The zero-order chi connectivity index (χ0) is 26.0. The van der Waals surface area contributed by atoms with E-state index in [0.717, 1.165) is 5.56 Å². The minimum Gasteiger partial charge on any atom is -0.406 e. The predicted molar refractivity (Wildman–Crippen MR) is 130 cm³/mol. The van der Waals surface area contributed by atoms with Gasteiger partial charge in [-0.2, -0.15) is 0 Å². The van der Waals surface area contributed by atoms with Gasteiger partial charge in [-0.05, 0) is 47.6 Å². The average Bonchev–Trinajstić information content (AvgIpc) is 3.20. The number of ether oxygens (including phenoxy) is 1. The Hall–Kier alpha value is -3.40. The molecule has 188 valence electrons. The van der Waals surface area contributed by atoms with Crippen molar-refractivity contribution in [3.8, 4) is 5.75 Å². The maximum Gasteiger partial charge on any atom is 0.573 e. The van der Waals surface area contributed by atoms with Crippen LogP contribution in [0.25, 0.3) is 0 Å². The summed E-state index contributed by atoms with van der Waals surface area (Å²) in [4.78, 5) is 28.5. The summed E-state index contributed by atoms with van der Waals surface area (Å²) in [5.74, 6) is -1.43. The van der Waals surface area contributed by atoms with E-state index in [4.69, 9.17) is 0 Å². The van der Waals surface area contributed by atoms with Crippen molar-refractivity contribution in [3.05, 3.63) is 77.4 Å². The number of hydrogen-bond donors (Lipinski definition) is 0. The molecule has 2 atom stereocenters. The van der Waals surface area contributed by atoms with Crippen molar-refractivity contribution in [1.29, 1.82) is 0 Å². The molecule has 2 unspecified atom stereocenters. The number of ketones is 2. The van der Waals surface area contributed by atoms with Crippen LogP contribution >= 0.6 is 11.8 Å². The van der Waals surface area contributed by atoms with Gasteiger partial charge in [-0.15, -0.1) is 35.1 Å². The number of halogens is 3. The van der Waals surface area contributed by atoms with Gasteiger partial charge in [0.15, 0.2) is 17.4 Å². The van der Waals surface area contributed by atoms with Gasteiger partial charge in [-0.3, -0.25) is 9.59 Å². The standard InChI is InChI=1S/C26H24F3N3O3S/c1-15(2)16-4-6-18(7-5-16)25(34)23-20(33)14-32(21-12-13-22(36-3)31-30-21)24(23)17-8-10-19(11-9-17)35-26(27,28)29/h4-13,15,23-24H,14H2,1-3H3. The number of nitrogens with zero attached hydrogens (tertiary/aromatic N) is 3. The molecule has 1 aliphatic heterocycles. The fourth-order valence-corrected chi connectivity index (χ4v) is 4.59. The number of Topliss-reactive ketones (excluding diaryl/α,β-unsaturated/α-hetero) is 2. The van der Waals surface area contributed by atoms with Crippen molar-refractivity contribution in [1.82, 2.24) is 10.2 Å². The highest BCUT2D eigenvalue weighted by atomic mass is 32.2. The maximum absolute atomic E-state index is 13.6. The summed E-state index contributed by atoms with van der Waals surface area (Å²) in [6.07, 6.45) is -2.97. The van der Waals surface area contributed by atoms with Gasteiger partial charge in [0.2, 0.25) is 0 Å². The summed E-state index contributed by atoms with van der Waals surface area (Å²) in [7, 11) is 0. The van der Waals surface area contributed by atoms with E-state index in [-0.39, 0.29) is 24.0 Å². The fraction of sp³-hybridized carbons (Fsp3) is 0.308. The summed E-state index contributed by atoms with van der Waals surface area (Å²) in [6, 6.07) is 15.0. The van der Waals surface area contributed by atoms with Gasteiger partial charge in [0, 0.05) is 5.56 Å². The molecule has 0 spiro atoms. The third-order valence-electron chi connectivity index (χ3n) is 6.05. The quantitative estimate of drug-likeness (QED) is 0.222. The molecule has 6 nitrogen and oxygen atoms in total. The summed E-state index contributed by atoms with van der Waals surface area (Å²) in [6.45, 7) is 4.00. The molecular weight excluding hydrogens is 491 g/mol. The number of rotatable bonds is 7. The Morgan fingerprint density at radius 3 is 2.22 bits per heavy atom. The number of alkyl halides is 3. The zero-order valence-electron chi connectivity index (χ0n) is 19.8. The second kappa shape index (κ2) is 10.3. The van der Waals surface area contributed by atoms with Crippen LogP contribution in [0.2, 0.25) is 0 Å². The highest BCUT2D eigenvalue weighted by Crippen LogP contribution is 2.40. The van der Waals surface area contributed by atoms with Crippen molar-refractivity contribution in [2.24, 2.45) is 5.92 Å². The Kier molecular flexibility index (Phi) is 7.35. The molecular formula is C26H24F3N3O3S. The van der Waals surface area contributed by atoms with Crippen molar-refractivity contribution in [2.45, 2.75) is 37.2 Å². The Balaban J connectivity index is 1.73. The van der Waals surface area contributed by atoms with E-state index in [0.29, 0.717) is 22.0 Å². The highest BCUT2D eigenvalue weighted by Gasteiger charge is 2.47. The third kappa shape index (κ3) is 5.53. The molecule has 0 N–H and O–H groups in total. The largest absolute Gasteiger partial charge is 0.573 e. The van der Waals surface area contributed by atoms with Crippen LogP contribution in [0.15, 0.2) is 65.7 Å². The predicted octanol–water partition coefficient (Wildman–Crippen LogP) is 5.85. The summed E-state index contributed by atoms with van der Waals surface area (Å²) in [5.41, 5.74) is 1.94. The van der Waals surface area contributed by atoms with Crippen molar-refractivity contribution in [2.75, 3.05) is 17.7 Å². The lowest BCUT2D eigenvalue weighted by molar-refractivity contribution is -0.274. The normalized spacial score (nSPS) is 18.1. The van der Waals surface area contributed by atoms with Crippen LogP contribution in [0, 0.1) is 5.92 Å². The first-order valence-electron chi connectivity index (χ1n) is 11.2. The lowest BCUT2D eigenvalue weighted by atomic mass is 9.86. The number of aromatic nitrogens is 2. The summed E-state index contributed by atoms with van der Waals surface area (Å²) < 4.78 is 41.9. The summed E-state index contributed by atoms with van der Waals surface area (Å²) >= 11 is 1.41. The molecule has 2 heterocycles. The molecule has 0 bridgehead atoms. The Labute approximate surface area is 210 Å². The Bertz CT molecular complexity index is 1230. The number of benzene rings is 2. The van der Waals surface area contributed by atoms with Gasteiger partial charge in [0.1, 0.15) is 16.7 Å². The first-order chi connectivity index (χ1) is 17.1. The number of carbonyl (C=O) groups is 2. The van der Waals surface area contributed by atoms with E-state index in [9.17, 15) is 22.8 Å². The molecule has 10 heteroatoms. The molecule has 2 aromatic carbocycles. The van der Waals surface area contributed by atoms with Crippen LogP contribution in [-0.4, -0.2) is 40.9 Å². The van der Waals surface area contributed by atoms with E-state index in [1.54, 1.807) is 29.2 Å². The highest BCUT2D eigenvalue weighted by molar-refractivity contribution is 7.98. The van der Waals surface area contributed by atoms with E-state index < -0.39 is 24.1 Å². The molecule has 1 aromatic heterocycles. The van der Waals surface area contributed by atoms with Gasteiger partial charge >= 0.3 is 6.36 Å². The van der Waals surface area contributed by atoms with E-state index in [2.05, 4.69) is 14.9 Å². The van der Waals surface area contributed by atoms with Crippen LogP contribution in [-0.2, 0) is 4.79 Å². The van der Waals surface area contributed by atoms with Gasteiger partial charge in [0.25, 0.3) is 0 Å². The zero-order valence-corrected chi connectivity index (χ0v) is 20.6. The first kappa shape index (κ1) is 25.7. The summed E-state index contributed by atoms with van der Waals surface area (Å²) in [5, 5.41) is 9.04. The van der Waals surface area contributed by atoms with Gasteiger partial charge in [-0.1, -0.05) is 50.2 Å². The molecule has 4 rings (SSSR count). The Morgan fingerprint density at radius 2 is 1.69 bits per heavy atom. The topological polar surface area (TPSA) is 72.4 Å². The van der Waals surface area contributed by atoms with Crippen LogP contribution < -0.4 is 9.64 Å². The van der Waals surface area contributed by atoms with Crippen molar-refractivity contribution in [3.63, 3.8) is 0 Å². The smallest absolute Gasteiger partial charge is 0.406 e. The van der Waals surface area contributed by atoms with Crippen LogP contribution in [0.5, 0.6) is 5.75 Å². The monoisotopic (exact) mass is 515 g/mol. The second-order valence-corrected chi connectivity index (χ2v) is 9.53.